The van der Waals surface area contributed by atoms with Crippen LogP contribution in [0.15, 0.2) is 65.0 Å². The summed E-state index contributed by atoms with van der Waals surface area (Å²) in [6.45, 7) is 3.71. The van der Waals surface area contributed by atoms with Crippen molar-refractivity contribution < 1.29 is 14.0 Å². The van der Waals surface area contributed by atoms with E-state index in [9.17, 15) is 9.65 Å². The van der Waals surface area contributed by atoms with Crippen LogP contribution in [0, 0.1) is 29.5 Å². The summed E-state index contributed by atoms with van der Waals surface area (Å²) in [5.41, 5.74) is 4.97. The molecule has 9 heteroatoms. The monoisotopic (exact) mass is 573 g/mol. The number of terminal acetylenes is 1. The molecule has 2 aliphatic rings. The van der Waals surface area contributed by atoms with Crippen molar-refractivity contribution >= 4 is 27.3 Å². The van der Waals surface area contributed by atoms with E-state index >= 15 is 0 Å². The predicted octanol–water partition coefficient (Wildman–Crippen LogP) is 5.05. The van der Waals surface area contributed by atoms with E-state index in [1.54, 1.807) is 24.2 Å². The van der Waals surface area contributed by atoms with E-state index in [0.29, 0.717) is 35.7 Å². The van der Waals surface area contributed by atoms with Crippen molar-refractivity contribution in [2.45, 2.75) is 6.54 Å². The Bertz CT molecular complexity index is 1450. The minimum atomic E-state index is -0.288. The highest BCUT2D eigenvalue weighted by Gasteiger charge is 2.32. The summed E-state index contributed by atoms with van der Waals surface area (Å²) in [6.07, 6.45) is 5.49. The number of aromatic nitrogens is 1. The Labute approximate surface area is 229 Å². The first kappa shape index (κ1) is 25.6. The maximum Gasteiger partial charge on any atom is 0.257 e. The maximum atomic E-state index is 13.5. The van der Waals surface area contributed by atoms with E-state index in [-0.39, 0.29) is 18.2 Å². The molecule has 1 saturated heterocycles. The van der Waals surface area contributed by atoms with Gasteiger partial charge >= 0.3 is 0 Å². The summed E-state index contributed by atoms with van der Waals surface area (Å²) in [5.74, 6) is 3.20. The Hall–Kier alpha value is -4.05. The van der Waals surface area contributed by atoms with E-state index in [1.807, 2.05) is 30.3 Å². The number of benzene rings is 2. The van der Waals surface area contributed by atoms with Crippen molar-refractivity contribution in [1.29, 1.82) is 5.26 Å². The highest BCUT2D eigenvalue weighted by molar-refractivity contribution is 9.10. The summed E-state index contributed by atoms with van der Waals surface area (Å²) < 4.78 is 20.2. The Morgan fingerprint density at radius 3 is 2.58 bits per heavy atom. The van der Waals surface area contributed by atoms with Gasteiger partial charge in [0.25, 0.3) is 5.76 Å². The molecule has 192 valence electrons. The first-order valence-corrected chi connectivity index (χ1v) is 12.9. The normalized spacial score (nSPS) is 15.4. The molecule has 0 bridgehead atoms. The second-order valence-electron chi connectivity index (χ2n) is 8.94. The van der Waals surface area contributed by atoms with Gasteiger partial charge in [-0.15, -0.1) is 6.42 Å². The lowest BCUT2D eigenvalue weighted by molar-refractivity contribution is 0.155. The van der Waals surface area contributed by atoms with Crippen LogP contribution in [0.1, 0.15) is 11.3 Å². The molecule has 0 N–H and O–H groups in total. The molecule has 1 aromatic heterocycles. The molecule has 5 rings (SSSR count). The summed E-state index contributed by atoms with van der Waals surface area (Å²) in [7, 11) is 1.76. The third kappa shape index (κ3) is 5.17. The van der Waals surface area contributed by atoms with Gasteiger partial charge in [0, 0.05) is 50.9 Å². The lowest BCUT2D eigenvalue weighted by atomic mass is 10.0. The molecular formula is C29H25BrFN5O2. The van der Waals surface area contributed by atoms with Crippen molar-refractivity contribution in [3.63, 3.8) is 0 Å². The number of nitriles is 1. The van der Waals surface area contributed by atoms with Gasteiger partial charge in [-0.1, -0.05) is 36.3 Å². The highest BCUT2D eigenvalue weighted by Crippen LogP contribution is 2.38. The van der Waals surface area contributed by atoms with Crippen LogP contribution in [0.4, 0.5) is 10.1 Å². The number of ether oxygens (including phenoxy) is 1. The zero-order valence-electron chi connectivity index (χ0n) is 20.8. The van der Waals surface area contributed by atoms with Gasteiger partial charge in [-0.2, -0.15) is 5.26 Å². The fraction of sp³-hybridized carbons (Fsp3) is 0.241. The Balaban J connectivity index is 1.36. The molecule has 0 amide bonds. The van der Waals surface area contributed by atoms with Crippen LogP contribution >= 0.6 is 15.9 Å². The van der Waals surface area contributed by atoms with E-state index in [4.69, 9.17) is 16.0 Å². The zero-order valence-corrected chi connectivity index (χ0v) is 22.4. The fourth-order valence-corrected chi connectivity index (χ4v) is 5.09. The number of halogens is 2. The van der Waals surface area contributed by atoms with Gasteiger partial charge in [0.15, 0.2) is 0 Å². The number of para-hydroxylation sites is 1. The molecule has 2 aromatic carbocycles. The highest BCUT2D eigenvalue weighted by atomic mass is 79.9. The van der Waals surface area contributed by atoms with Crippen molar-refractivity contribution in [2.24, 2.45) is 0 Å². The third-order valence-electron chi connectivity index (χ3n) is 6.58. The minimum Gasteiger partial charge on any atom is -0.480 e. The number of rotatable bonds is 6. The molecule has 3 aromatic rings. The number of pyridine rings is 1. The van der Waals surface area contributed by atoms with Gasteiger partial charge in [0.2, 0.25) is 0 Å². The molecule has 1 fully saturated rings. The van der Waals surface area contributed by atoms with Gasteiger partial charge in [-0.05, 0) is 45.8 Å². The minimum absolute atomic E-state index is 0.139. The number of anilines is 1. The second kappa shape index (κ2) is 11.1. The van der Waals surface area contributed by atoms with Gasteiger partial charge < -0.3 is 14.5 Å². The van der Waals surface area contributed by atoms with Crippen LogP contribution in [-0.4, -0.2) is 54.6 Å². The van der Waals surface area contributed by atoms with Gasteiger partial charge in [0.1, 0.15) is 45.9 Å². The van der Waals surface area contributed by atoms with Crippen LogP contribution in [0.25, 0.3) is 16.8 Å². The van der Waals surface area contributed by atoms with Gasteiger partial charge in [-0.3, -0.25) is 4.90 Å². The van der Waals surface area contributed by atoms with Crippen LogP contribution in [0.2, 0.25) is 0 Å². The predicted molar refractivity (Wildman–Crippen MR) is 147 cm³/mol. The Kier molecular flexibility index (Phi) is 7.50. The van der Waals surface area contributed by atoms with Crippen LogP contribution in [0.5, 0.6) is 5.75 Å². The van der Waals surface area contributed by atoms with Crippen molar-refractivity contribution in [3.8, 4) is 35.3 Å². The standard InChI is InChI=1S/C29H25BrFN5O2/c1-3-17-37-29-21(5-4-6-23(29)20-7-9-22(31)10-8-20)19-35-13-15-36(16-14-35)28-25(18-32)38-34(2)24-11-12-26(30)33-27(24)28/h1,4-12H,13-17,19H2,2H3. The second-order valence-corrected chi connectivity index (χ2v) is 9.75. The van der Waals surface area contributed by atoms with E-state index < -0.39 is 0 Å². The Morgan fingerprint density at radius 2 is 1.87 bits per heavy atom. The van der Waals surface area contributed by atoms with Crippen LogP contribution in [-0.2, 0) is 11.4 Å². The summed E-state index contributed by atoms with van der Waals surface area (Å²) in [6, 6.07) is 18.3. The molecule has 2 aliphatic heterocycles. The molecule has 7 nitrogen and oxygen atoms in total. The molecule has 3 heterocycles. The maximum absolute atomic E-state index is 13.5. The van der Waals surface area contributed by atoms with Crippen molar-refractivity contribution in [2.75, 3.05) is 44.9 Å². The largest absolute Gasteiger partial charge is 0.480 e. The molecule has 0 radical (unpaired) electrons. The van der Waals surface area contributed by atoms with Crippen molar-refractivity contribution in [1.82, 2.24) is 14.8 Å². The fourth-order valence-electron chi connectivity index (χ4n) is 4.78. The smallest absolute Gasteiger partial charge is 0.257 e. The van der Waals surface area contributed by atoms with Gasteiger partial charge in [-0.25, -0.2) is 14.4 Å². The zero-order chi connectivity index (χ0) is 26.6. The van der Waals surface area contributed by atoms with Crippen molar-refractivity contribution in [3.05, 3.63) is 82.0 Å². The summed E-state index contributed by atoms with van der Waals surface area (Å²) >= 11 is 3.46. The lowest BCUT2D eigenvalue weighted by Gasteiger charge is -2.39. The number of fused-ring (bicyclic) bond motifs is 1. The first-order valence-electron chi connectivity index (χ1n) is 12.1. The number of nitrogens with zero attached hydrogens (tertiary/aromatic N) is 5. The number of piperazine rings is 1. The number of hydrogen-bond donors (Lipinski definition) is 0. The molecule has 0 atom stereocenters. The molecule has 0 unspecified atom stereocenters. The van der Waals surface area contributed by atoms with Crippen LogP contribution < -0.4 is 9.80 Å². The molecule has 0 aliphatic carbocycles. The average Bonchev–Trinajstić information content (AvgIpc) is 2.93. The third-order valence-corrected chi connectivity index (χ3v) is 7.02. The van der Waals surface area contributed by atoms with E-state index in [1.165, 1.54) is 12.1 Å². The first-order chi connectivity index (χ1) is 18.5. The van der Waals surface area contributed by atoms with E-state index in [0.717, 1.165) is 41.2 Å². The van der Waals surface area contributed by atoms with Gasteiger partial charge in [0.05, 0.1) is 0 Å². The molecule has 0 spiro atoms. The van der Waals surface area contributed by atoms with E-state index in [2.05, 4.69) is 42.7 Å². The molecular weight excluding hydrogens is 549 g/mol. The van der Waals surface area contributed by atoms with Crippen LogP contribution in [0.3, 0.4) is 0 Å². The number of hydroxylamine groups is 1. The quantitative estimate of drug-likeness (QED) is 0.302. The Morgan fingerprint density at radius 1 is 1.11 bits per heavy atom. The number of allylic oxidation sites excluding steroid dienone is 1. The average molecular weight is 574 g/mol. The SMILES string of the molecule is C#CCOc1c(CN2CCN(C3=C(C#N)ON(C)c4ccc(Br)nc43)CC2)cccc1-c1ccc(F)cc1. The molecule has 0 saturated carbocycles. The molecule has 38 heavy (non-hydrogen) atoms. The lowest BCUT2D eigenvalue weighted by Crippen LogP contribution is -2.46. The number of hydrogen-bond acceptors (Lipinski definition) is 7. The summed E-state index contributed by atoms with van der Waals surface area (Å²) in [4.78, 5) is 14.9. The topological polar surface area (TPSA) is 64.9 Å². The summed E-state index contributed by atoms with van der Waals surface area (Å²) in [5, 5.41) is 11.4.